The van der Waals surface area contributed by atoms with Gasteiger partial charge in [-0.15, -0.1) is 0 Å². The largest absolute Gasteiger partial charge is 0.496 e. The number of para-hydroxylation sites is 2. The van der Waals surface area contributed by atoms with E-state index in [0.29, 0.717) is 17.0 Å². The number of carbonyl (C=O) groups is 2. The van der Waals surface area contributed by atoms with Gasteiger partial charge >= 0.3 is 5.97 Å². The smallest absolute Gasteiger partial charge is 0.342 e. The van der Waals surface area contributed by atoms with E-state index in [1.165, 1.54) is 18.0 Å². The molecule has 4 aromatic rings. The highest BCUT2D eigenvalue weighted by Crippen LogP contribution is 2.32. The molecule has 33 heavy (non-hydrogen) atoms. The van der Waals surface area contributed by atoms with E-state index < -0.39 is 35.6 Å². The number of aromatic nitrogens is 2. The van der Waals surface area contributed by atoms with E-state index in [9.17, 15) is 18.4 Å². The lowest BCUT2D eigenvalue weighted by Crippen LogP contribution is -2.16. The molecular weight excluding hydrogens is 430 g/mol. The zero-order chi connectivity index (χ0) is 23.4. The van der Waals surface area contributed by atoms with Crippen molar-refractivity contribution >= 4 is 11.8 Å². The van der Waals surface area contributed by atoms with Crippen molar-refractivity contribution in [3.05, 3.63) is 102 Å². The van der Waals surface area contributed by atoms with Crippen LogP contribution in [0.1, 0.15) is 20.7 Å². The number of hydrogen-bond acceptors (Lipinski definition) is 5. The molecule has 0 radical (unpaired) electrons. The summed E-state index contributed by atoms with van der Waals surface area (Å²) in [5, 5.41) is 4.53. The summed E-state index contributed by atoms with van der Waals surface area (Å²) >= 11 is 0. The normalized spacial score (nSPS) is 10.6. The maximum Gasteiger partial charge on any atom is 0.342 e. The van der Waals surface area contributed by atoms with Crippen molar-refractivity contribution in [1.29, 1.82) is 0 Å². The Morgan fingerprint density at radius 1 is 0.939 bits per heavy atom. The van der Waals surface area contributed by atoms with E-state index in [0.717, 1.165) is 18.2 Å². The Hall–Kier alpha value is -4.33. The number of halogens is 2. The van der Waals surface area contributed by atoms with E-state index in [-0.39, 0.29) is 11.3 Å². The molecular formula is C25H18F2N2O4. The number of nitrogens with zero attached hydrogens (tertiary/aromatic N) is 2. The Kier molecular flexibility index (Phi) is 6.26. The molecule has 0 saturated heterocycles. The lowest BCUT2D eigenvalue weighted by molar-refractivity contribution is 0.0474. The highest BCUT2D eigenvalue weighted by atomic mass is 19.1. The van der Waals surface area contributed by atoms with E-state index in [2.05, 4.69) is 5.10 Å². The van der Waals surface area contributed by atoms with Crippen LogP contribution in [0.5, 0.6) is 5.75 Å². The van der Waals surface area contributed by atoms with Gasteiger partial charge in [0, 0.05) is 11.8 Å². The molecule has 0 fully saturated rings. The van der Waals surface area contributed by atoms with Gasteiger partial charge in [-0.2, -0.15) is 5.10 Å². The molecule has 0 aliphatic heterocycles. The Labute approximate surface area is 188 Å². The van der Waals surface area contributed by atoms with Crippen molar-refractivity contribution in [2.45, 2.75) is 0 Å². The van der Waals surface area contributed by atoms with Gasteiger partial charge in [-0.05, 0) is 42.5 Å². The Bertz CT molecular complexity index is 1320. The predicted molar refractivity (Wildman–Crippen MR) is 117 cm³/mol. The van der Waals surface area contributed by atoms with Crippen molar-refractivity contribution in [2.75, 3.05) is 13.7 Å². The van der Waals surface area contributed by atoms with Crippen LogP contribution in [-0.4, -0.2) is 35.2 Å². The molecule has 0 N–H and O–H groups in total. The van der Waals surface area contributed by atoms with E-state index in [1.807, 2.05) is 30.3 Å². The lowest BCUT2D eigenvalue weighted by Gasteiger charge is -2.08. The van der Waals surface area contributed by atoms with Crippen molar-refractivity contribution in [3.8, 4) is 22.7 Å². The number of hydrogen-bond donors (Lipinski definition) is 0. The number of carbonyl (C=O) groups excluding carboxylic acids is 2. The molecule has 0 saturated carbocycles. The first-order chi connectivity index (χ1) is 16.0. The minimum absolute atomic E-state index is 0.0795. The SMILES string of the molecule is COc1ccccc1-c1nn(-c2ccccc2)cc1C(=O)OCC(=O)c1cc(F)ccc1F. The summed E-state index contributed by atoms with van der Waals surface area (Å²) in [6, 6.07) is 18.6. The van der Waals surface area contributed by atoms with Crippen LogP contribution in [0.3, 0.4) is 0 Å². The fourth-order valence-corrected chi connectivity index (χ4v) is 3.27. The molecule has 0 unspecified atom stereocenters. The van der Waals surface area contributed by atoms with Crippen LogP contribution in [0.4, 0.5) is 8.78 Å². The average Bonchev–Trinajstić information content (AvgIpc) is 3.30. The van der Waals surface area contributed by atoms with Crippen LogP contribution in [0.25, 0.3) is 16.9 Å². The average molecular weight is 448 g/mol. The first-order valence-electron chi connectivity index (χ1n) is 9.92. The summed E-state index contributed by atoms with van der Waals surface area (Å²) in [6.07, 6.45) is 1.48. The van der Waals surface area contributed by atoms with E-state index >= 15 is 0 Å². The number of ether oxygens (including phenoxy) is 2. The second-order valence-electron chi connectivity index (χ2n) is 7.00. The first kappa shape index (κ1) is 21.9. The molecule has 8 heteroatoms. The molecule has 4 rings (SSSR count). The fourth-order valence-electron chi connectivity index (χ4n) is 3.27. The minimum atomic E-state index is -0.899. The number of benzene rings is 3. The van der Waals surface area contributed by atoms with Gasteiger partial charge < -0.3 is 9.47 Å². The van der Waals surface area contributed by atoms with Gasteiger partial charge in [0.15, 0.2) is 6.61 Å². The van der Waals surface area contributed by atoms with Crippen LogP contribution in [0.15, 0.2) is 79.0 Å². The van der Waals surface area contributed by atoms with Gasteiger partial charge in [-0.3, -0.25) is 4.79 Å². The van der Waals surface area contributed by atoms with Crippen LogP contribution in [-0.2, 0) is 4.74 Å². The third-order valence-corrected chi connectivity index (χ3v) is 4.88. The number of methoxy groups -OCH3 is 1. The second kappa shape index (κ2) is 9.44. The highest BCUT2D eigenvalue weighted by molar-refractivity contribution is 6.01. The van der Waals surface area contributed by atoms with Crippen molar-refractivity contribution in [2.24, 2.45) is 0 Å². The molecule has 166 valence electrons. The Balaban J connectivity index is 1.67. The molecule has 1 heterocycles. The van der Waals surface area contributed by atoms with E-state index in [4.69, 9.17) is 9.47 Å². The number of rotatable bonds is 7. The zero-order valence-electron chi connectivity index (χ0n) is 17.5. The molecule has 0 aliphatic rings. The maximum absolute atomic E-state index is 13.9. The summed E-state index contributed by atoms with van der Waals surface area (Å²) in [6.45, 7) is -0.763. The van der Waals surface area contributed by atoms with Gasteiger partial charge in [0.2, 0.25) is 5.78 Å². The van der Waals surface area contributed by atoms with Crippen LogP contribution < -0.4 is 4.74 Å². The van der Waals surface area contributed by atoms with E-state index in [1.54, 1.807) is 24.3 Å². The number of ketones is 1. The Morgan fingerprint density at radius 2 is 1.67 bits per heavy atom. The minimum Gasteiger partial charge on any atom is -0.496 e. The first-order valence-corrected chi connectivity index (χ1v) is 9.92. The summed E-state index contributed by atoms with van der Waals surface area (Å²) in [7, 11) is 1.50. The molecule has 0 aliphatic carbocycles. The van der Waals surface area contributed by atoms with Crippen LogP contribution >= 0.6 is 0 Å². The van der Waals surface area contributed by atoms with Crippen molar-refractivity contribution in [3.63, 3.8) is 0 Å². The summed E-state index contributed by atoms with van der Waals surface area (Å²) in [5.41, 5.74) is 1.11. The zero-order valence-corrected chi connectivity index (χ0v) is 17.5. The van der Waals surface area contributed by atoms with Gasteiger partial charge in [-0.25, -0.2) is 18.3 Å². The van der Waals surface area contributed by atoms with Gasteiger partial charge in [-0.1, -0.05) is 30.3 Å². The molecule has 0 amide bonds. The lowest BCUT2D eigenvalue weighted by atomic mass is 10.1. The number of Topliss-reactive ketones (excluding diaryl/α,β-unsaturated/α-hetero) is 1. The predicted octanol–water partition coefficient (Wildman–Crippen LogP) is 4.87. The monoisotopic (exact) mass is 448 g/mol. The second-order valence-corrected chi connectivity index (χ2v) is 7.00. The highest BCUT2D eigenvalue weighted by Gasteiger charge is 2.23. The summed E-state index contributed by atoms with van der Waals surface area (Å²) < 4.78 is 39.3. The molecule has 3 aromatic carbocycles. The topological polar surface area (TPSA) is 70.4 Å². The molecule has 6 nitrogen and oxygen atoms in total. The quantitative estimate of drug-likeness (QED) is 0.298. The van der Waals surface area contributed by atoms with Gasteiger partial charge in [0.1, 0.15) is 28.6 Å². The molecule has 0 atom stereocenters. The third kappa shape index (κ3) is 4.64. The van der Waals surface area contributed by atoms with Gasteiger partial charge in [0.05, 0.1) is 18.4 Å². The Morgan fingerprint density at radius 3 is 2.42 bits per heavy atom. The molecule has 1 aromatic heterocycles. The third-order valence-electron chi connectivity index (χ3n) is 4.88. The molecule has 0 spiro atoms. The fraction of sp³-hybridized carbons (Fsp3) is 0.0800. The number of esters is 1. The molecule has 0 bridgehead atoms. The van der Waals surface area contributed by atoms with Crippen LogP contribution in [0.2, 0.25) is 0 Å². The van der Waals surface area contributed by atoms with Crippen molar-refractivity contribution < 1.29 is 27.8 Å². The van der Waals surface area contributed by atoms with Gasteiger partial charge in [0.25, 0.3) is 0 Å². The standard InChI is InChI=1S/C25H18F2N2O4/c1-32-23-10-6-5-9-18(23)24-20(14-29(28-24)17-7-3-2-4-8-17)25(31)33-15-22(30)19-13-16(26)11-12-21(19)27/h2-14H,15H2,1H3. The summed E-state index contributed by atoms with van der Waals surface area (Å²) in [4.78, 5) is 25.2. The maximum atomic E-state index is 13.9. The van der Waals surface area contributed by atoms with Crippen LogP contribution in [0, 0.1) is 11.6 Å². The summed E-state index contributed by atoms with van der Waals surface area (Å²) in [5.74, 6) is -2.89. The van der Waals surface area contributed by atoms with Crippen molar-refractivity contribution in [1.82, 2.24) is 9.78 Å².